The van der Waals surface area contributed by atoms with Crippen LogP contribution in [0.3, 0.4) is 0 Å². The standard InChI is InChI=1S/C23H33N5O2/c1-23(2,3)19-14-26-20(30-19)15-27-22(24-4)25-12-7-10-21(29)28-13-11-17-8-5-6-9-18(17)16-28/h5-6,8-9,14H,7,10-13,15-16H2,1-4H3,(H2,24,25,27). The van der Waals surface area contributed by atoms with E-state index in [0.29, 0.717) is 31.4 Å². The molecule has 1 aromatic carbocycles. The summed E-state index contributed by atoms with van der Waals surface area (Å²) in [7, 11) is 1.72. The number of carbonyl (C=O) groups is 1. The number of aromatic nitrogens is 1. The molecule has 0 aliphatic carbocycles. The van der Waals surface area contributed by atoms with Crippen LogP contribution in [0.25, 0.3) is 0 Å². The number of fused-ring (bicyclic) bond motifs is 1. The van der Waals surface area contributed by atoms with Crippen molar-refractivity contribution in [1.82, 2.24) is 20.5 Å². The lowest BCUT2D eigenvalue weighted by molar-refractivity contribution is -0.132. The number of rotatable bonds is 6. The van der Waals surface area contributed by atoms with Crippen molar-refractivity contribution in [2.45, 2.75) is 58.5 Å². The monoisotopic (exact) mass is 411 g/mol. The second-order valence-corrected chi connectivity index (χ2v) is 8.66. The quantitative estimate of drug-likeness (QED) is 0.434. The highest BCUT2D eigenvalue weighted by molar-refractivity contribution is 5.79. The molecule has 0 fully saturated rings. The summed E-state index contributed by atoms with van der Waals surface area (Å²) in [6, 6.07) is 8.37. The summed E-state index contributed by atoms with van der Waals surface area (Å²) in [5.41, 5.74) is 2.56. The van der Waals surface area contributed by atoms with Crippen LogP contribution in [-0.4, -0.2) is 41.9 Å². The summed E-state index contributed by atoms with van der Waals surface area (Å²) in [6.07, 6.45) is 4.00. The number of hydrogen-bond donors (Lipinski definition) is 2. The predicted molar refractivity (Wildman–Crippen MR) is 118 cm³/mol. The third kappa shape index (κ3) is 5.84. The van der Waals surface area contributed by atoms with Crippen LogP contribution >= 0.6 is 0 Å². The van der Waals surface area contributed by atoms with E-state index in [1.54, 1.807) is 13.2 Å². The van der Waals surface area contributed by atoms with E-state index in [9.17, 15) is 4.79 Å². The van der Waals surface area contributed by atoms with Gasteiger partial charge in [0.2, 0.25) is 11.8 Å². The number of nitrogens with zero attached hydrogens (tertiary/aromatic N) is 3. The zero-order valence-corrected chi connectivity index (χ0v) is 18.5. The first-order valence-electron chi connectivity index (χ1n) is 10.6. The van der Waals surface area contributed by atoms with Crippen molar-refractivity contribution < 1.29 is 9.21 Å². The summed E-state index contributed by atoms with van der Waals surface area (Å²) in [4.78, 5) is 23.0. The van der Waals surface area contributed by atoms with Gasteiger partial charge in [-0.05, 0) is 24.0 Å². The Bertz CT molecular complexity index is 882. The third-order valence-electron chi connectivity index (χ3n) is 5.27. The van der Waals surface area contributed by atoms with Crippen molar-refractivity contribution in [3.63, 3.8) is 0 Å². The molecule has 1 aliphatic rings. The molecule has 7 nitrogen and oxygen atoms in total. The first-order valence-corrected chi connectivity index (χ1v) is 10.6. The van der Waals surface area contributed by atoms with Crippen LogP contribution in [0.5, 0.6) is 0 Å². The molecule has 0 bridgehead atoms. The Morgan fingerprint density at radius 2 is 2.00 bits per heavy atom. The molecule has 30 heavy (non-hydrogen) atoms. The number of amides is 1. The van der Waals surface area contributed by atoms with E-state index in [1.165, 1.54) is 11.1 Å². The van der Waals surface area contributed by atoms with Crippen LogP contribution in [0.2, 0.25) is 0 Å². The van der Waals surface area contributed by atoms with E-state index in [1.807, 2.05) is 11.0 Å². The Labute approximate surface area is 179 Å². The number of benzene rings is 1. The van der Waals surface area contributed by atoms with Gasteiger partial charge in [0.25, 0.3) is 0 Å². The highest BCUT2D eigenvalue weighted by Gasteiger charge is 2.20. The summed E-state index contributed by atoms with van der Waals surface area (Å²) >= 11 is 0. The molecule has 1 amide bonds. The van der Waals surface area contributed by atoms with E-state index in [4.69, 9.17) is 4.42 Å². The van der Waals surface area contributed by atoms with E-state index >= 15 is 0 Å². The molecule has 2 N–H and O–H groups in total. The minimum Gasteiger partial charge on any atom is -0.443 e. The minimum absolute atomic E-state index is 0.0614. The molecule has 2 heterocycles. The van der Waals surface area contributed by atoms with E-state index in [2.05, 4.69) is 59.6 Å². The van der Waals surface area contributed by atoms with E-state index in [-0.39, 0.29) is 11.3 Å². The molecule has 1 aliphatic heterocycles. The van der Waals surface area contributed by atoms with Gasteiger partial charge in [0, 0.05) is 38.5 Å². The van der Waals surface area contributed by atoms with Gasteiger partial charge in [0.05, 0.1) is 12.7 Å². The molecule has 2 aromatic rings. The smallest absolute Gasteiger partial charge is 0.222 e. The number of nitrogens with one attached hydrogen (secondary N) is 2. The molecule has 0 saturated heterocycles. The summed E-state index contributed by atoms with van der Waals surface area (Å²) in [5, 5.41) is 6.45. The topological polar surface area (TPSA) is 82.8 Å². The van der Waals surface area contributed by atoms with Gasteiger partial charge in [-0.3, -0.25) is 9.79 Å². The molecular formula is C23H33N5O2. The van der Waals surface area contributed by atoms with E-state index in [0.717, 1.165) is 31.7 Å². The van der Waals surface area contributed by atoms with Crippen LogP contribution in [0.4, 0.5) is 0 Å². The zero-order chi connectivity index (χ0) is 21.6. The van der Waals surface area contributed by atoms with Gasteiger partial charge in [0.15, 0.2) is 5.96 Å². The van der Waals surface area contributed by atoms with Crippen molar-refractivity contribution in [1.29, 1.82) is 0 Å². The second kappa shape index (κ2) is 9.78. The molecule has 7 heteroatoms. The Morgan fingerprint density at radius 1 is 1.23 bits per heavy atom. The molecule has 0 spiro atoms. The van der Waals surface area contributed by atoms with Gasteiger partial charge in [-0.1, -0.05) is 45.0 Å². The minimum atomic E-state index is -0.0614. The van der Waals surface area contributed by atoms with Crippen molar-refractivity contribution in [3.8, 4) is 0 Å². The number of guanidine groups is 1. The summed E-state index contributed by atoms with van der Waals surface area (Å²) in [6.45, 7) is 8.94. The molecular weight excluding hydrogens is 378 g/mol. The molecule has 0 saturated carbocycles. The van der Waals surface area contributed by atoms with Gasteiger partial charge in [-0.15, -0.1) is 0 Å². The lowest BCUT2D eigenvalue weighted by atomic mass is 9.94. The van der Waals surface area contributed by atoms with Gasteiger partial charge < -0.3 is 20.0 Å². The fourth-order valence-corrected chi connectivity index (χ4v) is 3.43. The Hall–Kier alpha value is -2.83. The number of oxazole rings is 1. The second-order valence-electron chi connectivity index (χ2n) is 8.66. The zero-order valence-electron chi connectivity index (χ0n) is 18.5. The van der Waals surface area contributed by atoms with Gasteiger partial charge in [0.1, 0.15) is 5.76 Å². The highest BCUT2D eigenvalue weighted by Crippen LogP contribution is 2.22. The van der Waals surface area contributed by atoms with Crippen LogP contribution in [-0.2, 0) is 29.7 Å². The van der Waals surface area contributed by atoms with Gasteiger partial charge >= 0.3 is 0 Å². The van der Waals surface area contributed by atoms with Gasteiger partial charge in [-0.2, -0.15) is 0 Å². The summed E-state index contributed by atoms with van der Waals surface area (Å²) in [5.74, 6) is 2.37. The maximum Gasteiger partial charge on any atom is 0.222 e. The first-order chi connectivity index (χ1) is 14.4. The van der Waals surface area contributed by atoms with Gasteiger partial charge in [-0.25, -0.2) is 4.98 Å². The maximum atomic E-state index is 12.5. The molecule has 3 rings (SSSR count). The largest absolute Gasteiger partial charge is 0.443 e. The SMILES string of the molecule is CN=C(NCCCC(=O)N1CCc2ccccc2C1)NCc1ncc(C(C)(C)C)o1. The molecule has 1 aromatic heterocycles. The number of aliphatic imine (C=N–C) groups is 1. The number of hydrogen-bond acceptors (Lipinski definition) is 4. The van der Waals surface area contributed by atoms with Crippen LogP contribution in [0, 0.1) is 0 Å². The fraction of sp³-hybridized carbons (Fsp3) is 0.522. The lowest BCUT2D eigenvalue weighted by Gasteiger charge is -2.29. The molecule has 0 atom stereocenters. The Kier molecular flexibility index (Phi) is 7.13. The third-order valence-corrected chi connectivity index (χ3v) is 5.27. The van der Waals surface area contributed by atoms with Crippen LogP contribution in [0.15, 0.2) is 39.9 Å². The van der Waals surface area contributed by atoms with Crippen LogP contribution < -0.4 is 10.6 Å². The maximum absolute atomic E-state index is 12.5. The molecule has 162 valence electrons. The fourth-order valence-electron chi connectivity index (χ4n) is 3.43. The van der Waals surface area contributed by atoms with Crippen molar-refractivity contribution in [2.24, 2.45) is 4.99 Å². The molecule has 0 radical (unpaired) electrons. The average molecular weight is 412 g/mol. The van der Waals surface area contributed by atoms with Crippen molar-refractivity contribution >= 4 is 11.9 Å². The summed E-state index contributed by atoms with van der Waals surface area (Å²) < 4.78 is 5.79. The lowest BCUT2D eigenvalue weighted by Crippen LogP contribution is -2.38. The molecule has 0 unspecified atom stereocenters. The van der Waals surface area contributed by atoms with Crippen LogP contribution in [0.1, 0.15) is 56.4 Å². The van der Waals surface area contributed by atoms with Crippen molar-refractivity contribution in [3.05, 3.63) is 53.2 Å². The Balaban J connectivity index is 1.37. The van der Waals surface area contributed by atoms with Crippen molar-refractivity contribution in [2.75, 3.05) is 20.1 Å². The first kappa shape index (κ1) is 21.9. The number of carbonyl (C=O) groups excluding carboxylic acids is 1. The van der Waals surface area contributed by atoms with E-state index < -0.39 is 0 Å². The normalized spacial score (nSPS) is 14.4. The predicted octanol–water partition coefficient (Wildman–Crippen LogP) is 3.00. The average Bonchev–Trinajstić information content (AvgIpc) is 3.22. The Morgan fingerprint density at radius 3 is 2.70 bits per heavy atom. The highest BCUT2D eigenvalue weighted by atomic mass is 16.4.